The number of benzene rings is 1. The molecule has 2 N–H and O–H groups in total. The second-order valence-electron chi connectivity index (χ2n) is 5.56. The Labute approximate surface area is 138 Å². The van der Waals surface area contributed by atoms with Gasteiger partial charge in [0.05, 0.1) is 13.7 Å². The summed E-state index contributed by atoms with van der Waals surface area (Å²) in [6.07, 6.45) is 5.97. The molecule has 22 heavy (non-hydrogen) atoms. The average Bonchev–Trinajstić information content (AvgIpc) is 3.01. The van der Waals surface area contributed by atoms with Gasteiger partial charge in [0.2, 0.25) is 0 Å². The number of guanidine groups is 1. The van der Waals surface area contributed by atoms with Gasteiger partial charge in [0.1, 0.15) is 5.75 Å². The third-order valence-electron chi connectivity index (χ3n) is 3.98. The van der Waals surface area contributed by atoms with Gasteiger partial charge >= 0.3 is 0 Å². The largest absolute Gasteiger partial charge is 0.497 e. The lowest BCUT2D eigenvalue weighted by molar-refractivity contribution is 0.414. The Balaban J connectivity index is 1.91. The van der Waals surface area contributed by atoms with Gasteiger partial charge in [0.15, 0.2) is 5.96 Å². The second-order valence-corrected chi connectivity index (χ2v) is 6.69. The van der Waals surface area contributed by atoms with Gasteiger partial charge < -0.3 is 15.4 Å². The fourth-order valence-electron chi connectivity index (χ4n) is 2.70. The Morgan fingerprint density at radius 2 is 2.09 bits per heavy atom. The molecule has 2 rings (SSSR count). The molecule has 1 saturated carbocycles. The monoisotopic (exact) mass is 321 g/mol. The third-order valence-corrected chi connectivity index (χ3v) is 5.08. The lowest BCUT2D eigenvalue weighted by Gasteiger charge is -2.17. The van der Waals surface area contributed by atoms with Crippen LogP contribution in [0, 0.1) is 0 Å². The SMILES string of the molecule is CCNC(=NCc1ccc(OC)cc1)NC1CCC(SC)C1. The van der Waals surface area contributed by atoms with Gasteiger partial charge in [0.25, 0.3) is 0 Å². The van der Waals surface area contributed by atoms with Crippen LogP contribution in [-0.2, 0) is 6.54 Å². The van der Waals surface area contributed by atoms with Crippen molar-refractivity contribution in [3.05, 3.63) is 29.8 Å². The van der Waals surface area contributed by atoms with Crippen LogP contribution in [0.15, 0.2) is 29.3 Å². The molecule has 0 amide bonds. The first-order valence-electron chi connectivity index (χ1n) is 7.95. The highest BCUT2D eigenvalue weighted by Crippen LogP contribution is 2.28. The number of nitrogens with one attached hydrogen (secondary N) is 2. The summed E-state index contributed by atoms with van der Waals surface area (Å²) in [4.78, 5) is 4.70. The lowest BCUT2D eigenvalue weighted by atomic mass is 10.2. The van der Waals surface area contributed by atoms with E-state index in [0.717, 1.165) is 23.5 Å². The van der Waals surface area contributed by atoms with Crippen LogP contribution in [0.2, 0.25) is 0 Å². The number of hydrogen-bond acceptors (Lipinski definition) is 3. The summed E-state index contributed by atoms with van der Waals surface area (Å²) in [6.45, 7) is 3.66. The van der Waals surface area contributed by atoms with Crippen molar-refractivity contribution in [2.45, 2.75) is 44.0 Å². The number of ether oxygens (including phenoxy) is 1. The highest BCUT2D eigenvalue weighted by atomic mass is 32.2. The molecule has 0 aromatic heterocycles. The number of thioether (sulfide) groups is 1. The summed E-state index contributed by atoms with van der Waals surface area (Å²) in [7, 11) is 1.68. The standard InChI is InChI=1S/C17H27N3OS/c1-4-18-17(20-14-7-10-16(11-14)22-3)19-12-13-5-8-15(21-2)9-6-13/h5-6,8-9,14,16H,4,7,10-12H2,1-3H3,(H2,18,19,20). The van der Waals surface area contributed by atoms with E-state index < -0.39 is 0 Å². The first-order chi connectivity index (χ1) is 10.7. The smallest absolute Gasteiger partial charge is 0.191 e. The lowest BCUT2D eigenvalue weighted by Crippen LogP contribution is -2.42. The van der Waals surface area contributed by atoms with Crippen molar-refractivity contribution >= 4 is 17.7 Å². The van der Waals surface area contributed by atoms with Crippen LogP contribution in [0.5, 0.6) is 5.75 Å². The first-order valence-corrected chi connectivity index (χ1v) is 9.24. The molecule has 1 fully saturated rings. The zero-order valence-electron chi connectivity index (χ0n) is 13.8. The van der Waals surface area contributed by atoms with E-state index in [1.807, 2.05) is 23.9 Å². The molecule has 1 aromatic carbocycles. The molecule has 1 aliphatic rings. The van der Waals surface area contributed by atoms with Crippen LogP contribution in [0.3, 0.4) is 0 Å². The highest BCUT2D eigenvalue weighted by Gasteiger charge is 2.24. The van der Waals surface area contributed by atoms with Crippen LogP contribution in [-0.4, -0.2) is 37.2 Å². The van der Waals surface area contributed by atoms with Gasteiger partial charge in [-0.15, -0.1) is 0 Å². The van der Waals surface area contributed by atoms with Crippen LogP contribution in [0.4, 0.5) is 0 Å². The van der Waals surface area contributed by atoms with Crippen LogP contribution >= 0.6 is 11.8 Å². The van der Waals surface area contributed by atoms with E-state index in [1.165, 1.54) is 24.8 Å². The summed E-state index contributed by atoms with van der Waals surface area (Å²) in [5.74, 6) is 1.80. The molecule has 1 aromatic rings. The van der Waals surface area contributed by atoms with E-state index in [9.17, 15) is 0 Å². The predicted octanol–water partition coefficient (Wildman–Crippen LogP) is 3.03. The second kappa shape index (κ2) is 8.93. The van der Waals surface area contributed by atoms with Crippen molar-refractivity contribution in [2.24, 2.45) is 4.99 Å². The van der Waals surface area contributed by atoms with Crippen molar-refractivity contribution in [3.8, 4) is 5.75 Å². The molecule has 2 atom stereocenters. The van der Waals surface area contributed by atoms with E-state index in [2.05, 4.69) is 35.9 Å². The van der Waals surface area contributed by atoms with Crippen molar-refractivity contribution in [1.82, 2.24) is 10.6 Å². The van der Waals surface area contributed by atoms with Crippen molar-refractivity contribution in [2.75, 3.05) is 19.9 Å². The molecular weight excluding hydrogens is 294 g/mol. The highest BCUT2D eigenvalue weighted by molar-refractivity contribution is 7.99. The van der Waals surface area contributed by atoms with Gasteiger partial charge in [-0.3, -0.25) is 0 Å². The zero-order valence-corrected chi connectivity index (χ0v) is 14.6. The number of hydrogen-bond donors (Lipinski definition) is 2. The number of rotatable bonds is 6. The van der Waals surface area contributed by atoms with Crippen LogP contribution in [0.25, 0.3) is 0 Å². The third kappa shape index (κ3) is 5.13. The minimum Gasteiger partial charge on any atom is -0.497 e. The van der Waals surface area contributed by atoms with E-state index in [0.29, 0.717) is 12.6 Å². The number of aliphatic imine (C=N–C) groups is 1. The van der Waals surface area contributed by atoms with Gasteiger partial charge in [-0.1, -0.05) is 12.1 Å². The Hall–Kier alpha value is -1.36. The van der Waals surface area contributed by atoms with Crippen LogP contribution < -0.4 is 15.4 Å². The molecule has 0 spiro atoms. The molecule has 122 valence electrons. The molecule has 5 heteroatoms. The maximum atomic E-state index is 5.18. The number of methoxy groups -OCH3 is 1. The Morgan fingerprint density at radius 1 is 1.32 bits per heavy atom. The van der Waals surface area contributed by atoms with Crippen molar-refractivity contribution < 1.29 is 4.74 Å². The van der Waals surface area contributed by atoms with Crippen LogP contribution in [0.1, 0.15) is 31.7 Å². The molecule has 4 nitrogen and oxygen atoms in total. The minimum absolute atomic E-state index is 0.547. The van der Waals surface area contributed by atoms with E-state index >= 15 is 0 Å². The summed E-state index contributed by atoms with van der Waals surface area (Å²) in [5, 5.41) is 7.71. The van der Waals surface area contributed by atoms with Crippen molar-refractivity contribution in [1.29, 1.82) is 0 Å². The van der Waals surface area contributed by atoms with Gasteiger partial charge in [0, 0.05) is 17.8 Å². The molecule has 0 radical (unpaired) electrons. The van der Waals surface area contributed by atoms with E-state index in [-0.39, 0.29) is 0 Å². The summed E-state index contributed by atoms with van der Waals surface area (Å²) >= 11 is 1.98. The summed E-state index contributed by atoms with van der Waals surface area (Å²) in [6, 6.07) is 8.62. The Morgan fingerprint density at radius 3 is 2.68 bits per heavy atom. The van der Waals surface area contributed by atoms with Gasteiger partial charge in [-0.25, -0.2) is 4.99 Å². The zero-order chi connectivity index (χ0) is 15.8. The predicted molar refractivity (Wildman–Crippen MR) is 95.9 cm³/mol. The van der Waals surface area contributed by atoms with E-state index in [1.54, 1.807) is 7.11 Å². The molecule has 2 unspecified atom stereocenters. The maximum Gasteiger partial charge on any atom is 0.191 e. The molecular formula is C17H27N3OS. The van der Waals surface area contributed by atoms with Gasteiger partial charge in [-0.05, 0) is 50.1 Å². The maximum absolute atomic E-state index is 5.18. The first kappa shape index (κ1) is 17.0. The molecule has 1 aliphatic carbocycles. The van der Waals surface area contributed by atoms with Gasteiger partial charge in [-0.2, -0.15) is 11.8 Å². The molecule has 0 heterocycles. The quantitative estimate of drug-likeness (QED) is 0.624. The normalized spacial score (nSPS) is 21.7. The molecule has 0 bridgehead atoms. The summed E-state index contributed by atoms with van der Waals surface area (Å²) < 4.78 is 5.18. The fourth-order valence-corrected chi connectivity index (χ4v) is 3.50. The molecule has 0 aliphatic heterocycles. The Bertz CT molecular complexity index is 475. The van der Waals surface area contributed by atoms with Crippen molar-refractivity contribution in [3.63, 3.8) is 0 Å². The fraction of sp³-hybridized carbons (Fsp3) is 0.588. The topological polar surface area (TPSA) is 45.7 Å². The van der Waals surface area contributed by atoms with E-state index in [4.69, 9.17) is 9.73 Å². The minimum atomic E-state index is 0.547. The Kier molecular flexibility index (Phi) is 6.90. The summed E-state index contributed by atoms with van der Waals surface area (Å²) in [5.41, 5.74) is 1.19. The average molecular weight is 321 g/mol. The number of nitrogens with zero attached hydrogens (tertiary/aromatic N) is 1. The molecule has 0 saturated heterocycles.